The maximum absolute atomic E-state index is 5.84. The first-order valence-electron chi connectivity index (χ1n) is 7.71. The lowest BCUT2D eigenvalue weighted by molar-refractivity contribution is -0.649. The smallest absolute Gasteiger partial charge is 0.163 e. The van der Waals surface area contributed by atoms with Gasteiger partial charge < -0.3 is 4.90 Å². The van der Waals surface area contributed by atoms with Gasteiger partial charge in [-0.05, 0) is 12.8 Å². The van der Waals surface area contributed by atoms with Gasteiger partial charge in [-0.3, -0.25) is 4.90 Å². The average Bonchev–Trinajstić information content (AvgIpc) is 2.45. The second kappa shape index (κ2) is 8.27. The van der Waals surface area contributed by atoms with Crippen molar-refractivity contribution in [1.82, 2.24) is 14.9 Å². The summed E-state index contributed by atoms with van der Waals surface area (Å²) in [6.07, 6.45) is 4.50. The van der Waals surface area contributed by atoms with E-state index in [1.165, 1.54) is 30.2 Å². The van der Waals surface area contributed by atoms with Gasteiger partial charge in [0, 0.05) is 38.4 Å². The Morgan fingerprint density at radius 2 is 1.85 bits per heavy atom. The van der Waals surface area contributed by atoms with Gasteiger partial charge in [-0.25, -0.2) is 0 Å². The van der Waals surface area contributed by atoms with Gasteiger partial charge in [-0.1, -0.05) is 31.8 Å². The molecule has 1 heterocycles. The van der Waals surface area contributed by atoms with Crippen LogP contribution in [-0.2, 0) is 0 Å². The first kappa shape index (κ1) is 17.0. The number of piperazine rings is 1. The molecule has 0 radical (unpaired) electrons. The van der Waals surface area contributed by atoms with Crippen LogP contribution < -0.4 is 5.84 Å². The zero-order valence-electron chi connectivity index (χ0n) is 13.7. The Balaban J connectivity index is 2.43. The minimum atomic E-state index is 0.845. The third kappa shape index (κ3) is 5.13. The Morgan fingerprint density at radius 3 is 2.30 bits per heavy atom. The summed E-state index contributed by atoms with van der Waals surface area (Å²) < 4.78 is 1.62. The second-order valence-electron chi connectivity index (χ2n) is 5.78. The fraction of sp³-hybridized carbons (Fsp3) is 0.800. The molecular weight excluding hydrogens is 250 g/mol. The Labute approximate surface area is 124 Å². The van der Waals surface area contributed by atoms with Crippen molar-refractivity contribution in [2.45, 2.75) is 33.6 Å². The number of hydrazone groups is 1. The van der Waals surface area contributed by atoms with Gasteiger partial charge in [0.2, 0.25) is 0 Å². The van der Waals surface area contributed by atoms with Crippen LogP contribution in [0.4, 0.5) is 0 Å². The Hall–Kier alpha value is -1.07. The minimum Gasteiger partial charge on any atom is -0.371 e. The van der Waals surface area contributed by atoms with Crippen molar-refractivity contribution >= 4 is 6.72 Å². The van der Waals surface area contributed by atoms with Crippen LogP contribution in [0.2, 0.25) is 0 Å². The first-order chi connectivity index (χ1) is 9.47. The molecule has 20 heavy (non-hydrogen) atoms. The molecule has 2 N–H and O–H groups in total. The van der Waals surface area contributed by atoms with E-state index in [1.54, 1.807) is 4.68 Å². The Kier molecular flexibility index (Phi) is 7.02. The molecular formula is C15H32N5+. The second-order valence-corrected chi connectivity index (χ2v) is 5.78. The lowest BCUT2D eigenvalue weighted by atomic mass is 10.0. The molecule has 0 amide bonds. The van der Waals surface area contributed by atoms with Crippen molar-refractivity contribution in [3.8, 4) is 0 Å². The zero-order valence-corrected chi connectivity index (χ0v) is 13.7. The normalized spacial score (nSPS) is 17.7. The summed E-state index contributed by atoms with van der Waals surface area (Å²) >= 11 is 0. The summed E-state index contributed by atoms with van der Waals surface area (Å²) in [4.78, 5) is 4.99. The molecule has 0 aromatic rings. The van der Waals surface area contributed by atoms with Crippen LogP contribution in [-0.4, -0.2) is 66.1 Å². The summed E-state index contributed by atoms with van der Waals surface area (Å²) in [5.41, 5.74) is 1.20. The van der Waals surface area contributed by atoms with Crippen molar-refractivity contribution in [2.75, 3.05) is 39.8 Å². The average molecular weight is 282 g/mol. The van der Waals surface area contributed by atoms with Crippen molar-refractivity contribution in [3.63, 3.8) is 0 Å². The molecule has 0 aliphatic carbocycles. The van der Waals surface area contributed by atoms with Crippen molar-refractivity contribution < 1.29 is 4.68 Å². The zero-order chi connectivity index (χ0) is 15.1. The summed E-state index contributed by atoms with van der Waals surface area (Å²) in [5, 5.41) is 1.52. The summed E-state index contributed by atoms with van der Waals surface area (Å²) in [7, 11) is 1.83. The highest BCUT2D eigenvalue weighted by Crippen LogP contribution is 2.14. The maximum atomic E-state index is 5.84. The van der Waals surface area contributed by atoms with E-state index < -0.39 is 0 Å². The van der Waals surface area contributed by atoms with E-state index in [9.17, 15) is 0 Å². The maximum Gasteiger partial charge on any atom is 0.163 e. The van der Waals surface area contributed by atoms with Crippen LogP contribution in [0, 0.1) is 5.92 Å². The predicted molar refractivity (Wildman–Crippen MR) is 85.2 cm³/mol. The van der Waals surface area contributed by atoms with Crippen molar-refractivity contribution in [3.05, 3.63) is 11.9 Å². The summed E-state index contributed by atoms with van der Waals surface area (Å²) in [5.74, 6) is 6.68. The monoisotopic (exact) mass is 282 g/mol. The molecule has 0 unspecified atom stereocenters. The molecule has 1 saturated heterocycles. The Morgan fingerprint density at radius 1 is 1.30 bits per heavy atom. The Bertz CT molecular complexity index is 327. The van der Waals surface area contributed by atoms with Crippen molar-refractivity contribution in [2.24, 2.45) is 11.8 Å². The van der Waals surface area contributed by atoms with Gasteiger partial charge in [-0.15, -0.1) is 4.68 Å². The largest absolute Gasteiger partial charge is 0.371 e. The molecule has 0 aromatic heterocycles. The van der Waals surface area contributed by atoms with Gasteiger partial charge in [0.25, 0.3) is 0 Å². The fourth-order valence-corrected chi connectivity index (χ4v) is 2.57. The van der Waals surface area contributed by atoms with E-state index >= 15 is 0 Å². The number of hydrogen-bond acceptors (Lipinski definition) is 4. The van der Waals surface area contributed by atoms with Crippen LogP contribution in [0.5, 0.6) is 0 Å². The van der Waals surface area contributed by atoms with Gasteiger partial charge in [0.15, 0.2) is 13.8 Å². The molecule has 5 heteroatoms. The van der Waals surface area contributed by atoms with E-state index in [4.69, 9.17) is 5.84 Å². The van der Waals surface area contributed by atoms with Crippen LogP contribution >= 0.6 is 0 Å². The quantitative estimate of drug-likeness (QED) is 0.331. The third-order valence-corrected chi connectivity index (χ3v) is 4.26. The number of hydrogen-bond donors (Lipinski definition) is 1. The predicted octanol–water partition coefficient (Wildman–Crippen LogP) is 1.34. The third-order valence-electron chi connectivity index (χ3n) is 4.26. The van der Waals surface area contributed by atoms with E-state index in [0.29, 0.717) is 0 Å². The SMILES string of the molecule is C=[N+](C)N(N)C=C(C)N1CCN(CC(CC)CC)CC1. The van der Waals surface area contributed by atoms with Gasteiger partial charge in [-0.2, -0.15) is 5.84 Å². The van der Waals surface area contributed by atoms with E-state index in [-0.39, 0.29) is 0 Å². The fourth-order valence-electron chi connectivity index (χ4n) is 2.57. The molecule has 0 atom stereocenters. The van der Waals surface area contributed by atoms with Crippen LogP contribution in [0.3, 0.4) is 0 Å². The molecule has 5 nitrogen and oxygen atoms in total. The molecule has 0 saturated carbocycles. The van der Waals surface area contributed by atoms with Gasteiger partial charge in [0.05, 0.1) is 0 Å². The highest BCUT2D eigenvalue weighted by atomic mass is 15.7. The molecule has 0 aromatic carbocycles. The molecule has 1 rings (SSSR count). The molecule has 1 aliphatic rings. The lowest BCUT2D eigenvalue weighted by Gasteiger charge is -2.37. The van der Waals surface area contributed by atoms with E-state index in [1.807, 2.05) is 13.2 Å². The van der Waals surface area contributed by atoms with E-state index in [2.05, 4.69) is 37.3 Å². The molecule has 1 fully saturated rings. The number of hydrazine groups is 2. The van der Waals surface area contributed by atoms with Crippen molar-refractivity contribution in [1.29, 1.82) is 0 Å². The van der Waals surface area contributed by atoms with Crippen LogP contribution in [0.1, 0.15) is 33.6 Å². The number of nitrogens with zero attached hydrogens (tertiary/aromatic N) is 4. The molecule has 0 spiro atoms. The highest BCUT2D eigenvalue weighted by molar-refractivity contribution is 5.14. The highest BCUT2D eigenvalue weighted by Gasteiger charge is 2.19. The topological polar surface area (TPSA) is 38.8 Å². The lowest BCUT2D eigenvalue weighted by Crippen LogP contribution is -2.47. The van der Waals surface area contributed by atoms with E-state index in [0.717, 1.165) is 32.1 Å². The first-order valence-corrected chi connectivity index (χ1v) is 7.71. The van der Waals surface area contributed by atoms with Crippen LogP contribution in [0.15, 0.2) is 11.9 Å². The van der Waals surface area contributed by atoms with Gasteiger partial charge >= 0.3 is 0 Å². The summed E-state index contributed by atoms with van der Waals surface area (Å²) in [6.45, 7) is 16.2. The molecule has 0 bridgehead atoms. The van der Waals surface area contributed by atoms with Crippen LogP contribution in [0.25, 0.3) is 0 Å². The minimum absolute atomic E-state index is 0.845. The molecule has 1 aliphatic heterocycles. The standard InChI is InChI=1S/C15H32N5/c1-6-15(7-2)13-18-8-10-19(11-9-18)14(3)12-20(16)17(4)5/h12,15H,4,6-11,13,16H2,1-3,5H3/q+1. The number of allylic oxidation sites excluding steroid dienone is 1. The number of nitrogens with two attached hydrogens (primary N) is 1. The number of rotatable bonds is 7. The summed E-state index contributed by atoms with van der Waals surface area (Å²) in [6, 6.07) is 0. The molecule has 116 valence electrons. The van der Waals surface area contributed by atoms with Gasteiger partial charge in [0.1, 0.15) is 6.20 Å².